The van der Waals surface area contributed by atoms with Gasteiger partial charge in [0.05, 0.1) is 0 Å². The molecule has 2 aromatic rings. The van der Waals surface area contributed by atoms with Gasteiger partial charge in [-0.3, -0.25) is 0 Å². The molecule has 0 amide bonds. The van der Waals surface area contributed by atoms with Crippen LogP contribution in [0.5, 0.6) is 5.75 Å². The molecule has 3 heteroatoms. The van der Waals surface area contributed by atoms with Crippen molar-refractivity contribution >= 4 is 16.7 Å². The van der Waals surface area contributed by atoms with E-state index in [0.717, 1.165) is 36.5 Å². The molecule has 0 bridgehead atoms. The van der Waals surface area contributed by atoms with E-state index in [-0.39, 0.29) is 5.97 Å². The van der Waals surface area contributed by atoms with Gasteiger partial charge >= 0.3 is 5.97 Å². The van der Waals surface area contributed by atoms with Crippen molar-refractivity contribution in [3.8, 4) is 5.75 Å². The normalized spacial score (nSPS) is 20.1. The molecule has 2 aliphatic rings. The molecule has 19 heavy (non-hydrogen) atoms. The van der Waals surface area contributed by atoms with E-state index in [1.54, 1.807) is 0 Å². The highest BCUT2D eigenvalue weighted by Crippen LogP contribution is 2.43. The largest absolute Gasteiger partial charge is 0.451 e. The Morgan fingerprint density at radius 3 is 2.58 bits per heavy atom. The van der Waals surface area contributed by atoms with Crippen LogP contribution in [0.3, 0.4) is 0 Å². The smallest absolute Gasteiger partial charge is 0.345 e. The second-order valence-electron chi connectivity index (χ2n) is 5.27. The maximum atomic E-state index is 12.4. The van der Waals surface area contributed by atoms with Crippen molar-refractivity contribution in [2.75, 3.05) is 0 Å². The molecule has 3 nitrogen and oxygen atoms in total. The van der Waals surface area contributed by atoms with Crippen molar-refractivity contribution < 1.29 is 14.3 Å². The van der Waals surface area contributed by atoms with E-state index in [1.807, 2.05) is 36.4 Å². The summed E-state index contributed by atoms with van der Waals surface area (Å²) in [6.07, 6.45) is 3.70. The van der Waals surface area contributed by atoms with Gasteiger partial charge in [-0.15, -0.1) is 0 Å². The van der Waals surface area contributed by atoms with Crippen molar-refractivity contribution in [1.29, 1.82) is 0 Å². The third-order valence-corrected chi connectivity index (χ3v) is 4.03. The first-order valence-corrected chi connectivity index (χ1v) is 6.72. The van der Waals surface area contributed by atoms with Crippen LogP contribution in [0.25, 0.3) is 10.8 Å². The molecule has 96 valence electrons. The SMILES string of the molecule is O=C1OC2(CCCC2)Oc2ccc3ccccc3c21. The zero-order valence-electron chi connectivity index (χ0n) is 10.5. The van der Waals surface area contributed by atoms with Gasteiger partial charge in [0.15, 0.2) is 0 Å². The summed E-state index contributed by atoms with van der Waals surface area (Å²) in [5.41, 5.74) is 0.565. The van der Waals surface area contributed by atoms with Gasteiger partial charge in [-0.25, -0.2) is 4.79 Å². The molecule has 0 N–H and O–H groups in total. The minimum absolute atomic E-state index is 0.250. The van der Waals surface area contributed by atoms with Crippen molar-refractivity contribution in [3.05, 3.63) is 42.0 Å². The quantitative estimate of drug-likeness (QED) is 0.673. The fraction of sp³-hybridized carbons (Fsp3) is 0.312. The van der Waals surface area contributed by atoms with Gasteiger partial charge in [-0.2, -0.15) is 0 Å². The van der Waals surface area contributed by atoms with Gasteiger partial charge in [-0.1, -0.05) is 30.3 Å². The summed E-state index contributed by atoms with van der Waals surface area (Å²) >= 11 is 0. The van der Waals surface area contributed by atoms with Crippen molar-refractivity contribution in [3.63, 3.8) is 0 Å². The number of hydrogen-bond acceptors (Lipinski definition) is 3. The Labute approximate surface area is 111 Å². The first-order valence-electron chi connectivity index (χ1n) is 6.72. The molecule has 0 aromatic heterocycles. The minimum atomic E-state index is -0.702. The molecule has 1 spiro atoms. The number of rotatable bonds is 0. The highest BCUT2D eigenvalue weighted by Gasteiger charge is 2.45. The molecule has 2 aromatic carbocycles. The zero-order valence-corrected chi connectivity index (χ0v) is 10.5. The van der Waals surface area contributed by atoms with Crippen molar-refractivity contribution in [1.82, 2.24) is 0 Å². The standard InChI is InChI=1S/C16H14O3/c17-15-14-12-6-2-1-5-11(12)7-8-13(14)18-16(19-15)9-3-4-10-16/h1-2,5-8H,3-4,9-10H2. The fourth-order valence-corrected chi connectivity index (χ4v) is 3.11. The number of benzene rings is 2. The van der Waals surface area contributed by atoms with Crippen LogP contribution in [-0.4, -0.2) is 11.8 Å². The summed E-state index contributed by atoms with van der Waals surface area (Å²) < 4.78 is 11.6. The van der Waals surface area contributed by atoms with E-state index in [1.165, 1.54) is 0 Å². The van der Waals surface area contributed by atoms with E-state index < -0.39 is 5.79 Å². The summed E-state index contributed by atoms with van der Waals surface area (Å²) in [4.78, 5) is 12.4. The van der Waals surface area contributed by atoms with Crippen LogP contribution in [0.1, 0.15) is 36.0 Å². The fourth-order valence-electron chi connectivity index (χ4n) is 3.11. The lowest BCUT2D eigenvalue weighted by atomic mass is 10.0. The molecule has 0 unspecified atom stereocenters. The number of carbonyl (C=O) groups is 1. The summed E-state index contributed by atoms with van der Waals surface area (Å²) in [6.45, 7) is 0. The highest BCUT2D eigenvalue weighted by atomic mass is 16.7. The number of ether oxygens (including phenoxy) is 2. The predicted molar refractivity (Wildman–Crippen MR) is 71.2 cm³/mol. The van der Waals surface area contributed by atoms with Crippen LogP contribution >= 0.6 is 0 Å². The van der Waals surface area contributed by atoms with Crippen molar-refractivity contribution in [2.24, 2.45) is 0 Å². The van der Waals surface area contributed by atoms with Gasteiger partial charge in [0.25, 0.3) is 5.79 Å². The lowest BCUT2D eigenvalue weighted by Gasteiger charge is -2.34. The van der Waals surface area contributed by atoms with Crippen LogP contribution in [-0.2, 0) is 4.74 Å². The Balaban J connectivity index is 1.91. The predicted octanol–water partition coefficient (Wildman–Crippen LogP) is 3.66. The van der Waals surface area contributed by atoms with Gasteiger partial charge in [0.2, 0.25) is 0 Å². The molecule has 1 aliphatic carbocycles. The van der Waals surface area contributed by atoms with E-state index >= 15 is 0 Å². The van der Waals surface area contributed by atoms with Gasteiger partial charge in [-0.05, 0) is 29.7 Å². The van der Waals surface area contributed by atoms with Crippen LogP contribution < -0.4 is 4.74 Å². The second kappa shape index (κ2) is 3.73. The molecule has 0 saturated heterocycles. The Bertz CT molecular complexity index is 669. The minimum Gasteiger partial charge on any atom is -0.451 e. The highest BCUT2D eigenvalue weighted by molar-refractivity contribution is 6.07. The molecule has 0 atom stereocenters. The molecular formula is C16H14O3. The summed E-state index contributed by atoms with van der Waals surface area (Å²) in [5.74, 6) is -0.288. The van der Waals surface area contributed by atoms with Gasteiger partial charge < -0.3 is 9.47 Å². The summed E-state index contributed by atoms with van der Waals surface area (Å²) in [6, 6.07) is 11.7. The molecule has 1 aliphatic heterocycles. The van der Waals surface area contributed by atoms with Gasteiger partial charge in [0, 0.05) is 12.8 Å². The third kappa shape index (κ3) is 1.54. The number of fused-ring (bicyclic) bond motifs is 3. The Morgan fingerprint density at radius 1 is 0.947 bits per heavy atom. The monoisotopic (exact) mass is 254 g/mol. The maximum Gasteiger partial charge on any atom is 0.345 e. The Kier molecular flexibility index (Phi) is 2.13. The molecule has 0 radical (unpaired) electrons. The molecule has 1 saturated carbocycles. The second-order valence-corrected chi connectivity index (χ2v) is 5.27. The van der Waals surface area contributed by atoms with Crippen molar-refractivity contribution in [2.45, 2.75) is 31.5 Å². The average Bonchev–Trinajstić information content (AvgIpc) is 2.85. The molecule has 4 rings (SSSR count). The number of carbonyl (C=O) groups excluding carboxylic acids is 1. The first-order chi connectivity index (χ1) is 9.27. The molecular weight excluding hydrogens is 240 g/mol. The first kappa shape index (κ1) is 10.9. The Hall–Kier alpha value is -2.03. The molecule has 1 fully saturated rings. The lowest BCUT2D eigenvalue weighted by Crippen LogP contribution is -2.42. The summed E-state index contributed by atoms with van der Waals surface area (Å²) in [5, 5.41) is 1.93. The topological polar surface area (TPSA) is 35.5 Å². The number of hydrogen-bond donors (Lipinski definition) is 0. The number of esters is 1. The zero-order chi connectivity index (χ0) is 12.9. The average molecular weight is 254 g/mol. The summed E-state index contributed by atoms with van der Waals surface area (Å²) in [7, 11) is 0. The van der Waals surface area contributed by atoms with Crippen LogP contribution in [0.15, 0.2) is 36.4 Å². The van der Waals surface area contributed by atoms with Crippen LogP contribution in [0, 0.1) is 0 Å². The van der Waals surface area contributed by atoms with Gasteiger partial charge in [0.1, 0.15) is 11.3 Å². The van der Waals surface area contributed by atoms with E-state index in [0.29, 0.717) is 11.3 Å². The van der Waals surface area contributed by atoms with E-state index in [4.69, 9.17) is 9.47 Å². The van der Waals surface area contributed by atoms with Crippen LogP contribution in [0.2, 0.25) is 0 Å². The van der Waals surface area contributed by atoms with E-state index in [2.05, 4.69) is 0 Å². The maximum absolute atomic E-state index is 12.4. The third-order valence-electron chi connectivity index (χ3n) is 4.03. The Morgan fingerprint density at radius 2 is 1.74 bits per heavy atom. The van der Waals surface area contributed by atoms with Crippen LogP contribution in [0.4, 0.5) is 0 Å². The molecule has 1 heterocycles. The lowest BCUT2D eigenvalue weighted by molar-refractivity contribution is -0.148. The van der Waals surface area contributed by atoms with E-state index in [9.17, 15) is 4.79 Å².